The van der Waals surface area contributed by atoms with Crippen molar-refractivity contribution >= 4 is 18.1 Å². The molecule has 0 radical (unpaired) electrons. The van der Waals surface area contributed by atoms with Crippen LogP contribution in [0, 0.1) is 0 Å². The van der Waals surface area contributed by atoms with E-state index in [2.05, 4.69) is 16.0 Å². The van der Waals surface area contributed by atoms with Gasteiger partial charge in [-0.2, -0.15) is 0 Å². The highest BCUT2D eigenvalue weighted by Crippen LogP contribution is 2.07. The molecule has 0 spiro atoms. The Morgan fingerprint density at radius 3 is 1.80 bits per heavy atom. The molecule has 0 bridgehead atoms. The smallest absolute Gasteiger partial charge is 0.407 e. The van der Waals surface area contributed by atoms with E-state index in [0.29, 0.717) is 26.1 Å². The predicted molar refractivity (Wildman–Crippen MR) is 138 cm³/mol. The highest BCUT2D eigenvalue weighted by atomic mass is 16.6. The third-order valence-electron chi connectivity index (χ3n) is 5.16. The van der Waals surface area contributed by atoms with E-state index in [1.165, 1.54) is 0 Å². The quantitative estimate of drug-likeness (QED) is 0.251. The summed E-state index contributed by atoms with van der Waals surface area (Å²) in [5.41, 5.74) is 0.489. The van der Waals surface area contributed by atoms with Crippen molar-refractivity contribution in [3.05, 3.63) is 35.9 Å². The SMILES string of the molecule is CC(C)(C)OC(=O)NCCCCCC(=O)NCCCCCCCCNC(=O)OCc1ccccc1. The molecule has 0 fully saturated rings. The van der Waals surface area contributed by atoms with Gasteiger partial charge < -0.3 is 25.4 Å². The molecule has 1 aromatic carbocycles. The van der Waals surface area contributed by atoms with E-state index in [1.807, 2.05) is 51.1 Å². The largest absolute Gasteiger partial charge is 0.445 e. The van der Waals surface area contributed by atoms with Crippen LogP contribution in [0.1, 0.15) is 90.5 Å². The van der Waals surface area contributed by atoms with Crippen LogP contribution in [-0.2, 0) is 20.9 Å². The van der Waals surface area contributed by atoms with Gasteiger partial charge in [0, 0.05) is 26.1 Å². The second-order valence-electron chi connectivity index (χ2n) is 9.70. The van der Waals surface area contributed by atoms with Gasteiger partial charge in [-0.25, -0.2) is 9.59 Å². The van der Waals surface area contributed by atoms with E-state index < -0.39 is 11.7 Å². The Morgan fingerprint density at radius 2 is 1.20 bits per heavy atom. The van der Waals surface area contributed by atoms with Gasteiger partial charge >= 0.3 is 12.2 Å². The Labute approximate surface area is 210 Å². The van der Waals surface area contributed by atoms with Crippen LogP contribution in [-0.4, -0.2) is 43.3 Å². The summed E-state index contributed by atoms with van der Waals surface area (Å²) in [5.74, 6) is 0.0929. The van der Waals surface area contributed by atoms with Crippen LogP contribution in [0.3, 0.4) is 0 Å². The standard InChI is InChI=1S/C27H45N3O5/c1-27(2,3)35-26(33)30-21-15-9-12-18-24(31)28-19-13-6-4-5-7-14-20-29-25(32)34-22-23-16-10-8-11-17-23/h8,10-11,16-17H,4-7,9,12-15,18-22H2,1-3H3,(H,28,31)(H,29,32)(H,30,33). The predicted octanol–water partition coefficient (Wildman–Crippen LogP) is 5.45. The monoisotopic (exact) mass is 491 g/mol. The van der Waals surface area contributed by atoms with Gasteiger partial charge in [0.2, 0.25) is 5.91 Å². The molecule has 0 heterocycles. The molecule has 0 saturated carbocycles. The summed E-state index contributed by atoms with van der Waals surface area (Å²) in [4.78, 5) is 35.1. The molecule has 0 aliphatic carbocycles. The van der Waals surface area contributed by atoms with Gasteiger partial charge in [0.05, 0.1) is 0 Å². The Bertz CT molecular complexity index is 719. The van der Waals surface area contributed by atoms with Crippen LogP contribution in [0.25, 0.3) is 0 Å². The van der Waals surface area contributed by atoms with Crippen molar-refractivity contribution in [2.24, 2.45) is 0 Å². The topological polar surface area (TPSA) is 106 Å². The van der Waals surface area contributed by atoms with Crippen LogP contribution in [0.15, 0.2) is 30.3 Å². The van der Waals surface area contributed by atoms with Crippen LogP contribution in [0.4, 0.5) is 9.59 Å². The maximum Gasteiger partial charge on any atom is 0.407 e. The zero-order valence-corrected chi connectivity index (χ0v) is 21.8. The minimum Gasteiger partial charge on any atom is -0.445 e. The molecule has 8 nitrogen and oxygen atoms in total. The van der Waals surface area contributed by atoms with E-state index in [9.17, 15) is 14.4 Å². The van der Waals surface area contributed by atoms with Gasteiger partial charge in [0.25, 0.3) is 0 Å². The molecule has 0 aliphatic heterocycles. The van der Waals surface area contributed by atoms with Crippen LogP contribution < -0.4 is 16.0 Å². The second-order valence-corrected chi connectivity index (χ2v) is 9.70. The lowest BCUT2D eigenvalue weighted by atomic mass is 10.1. The molecule has 1 aromatic rings. The van der Waals surface area contributed by atoms with Crippen LogP contribution in [0.5, 0.6) is 0 Å². The van der Waals surface area contributed by atoms with E-state index in [4.69, 9.17) is 9.47 Å². The normalized spacial score (nSPS) is 10.9. The summed E-state index contributed by atoms with van der Waals surface area (Å²) in [6, 6.07) is 9.62. The number of rotatable bonds is 17. The van der Waals surface area contributed by atoms with Gasteiger partial charge in [-0.1, -0.05) is 62.4 Å². The summed E-state index contributed by atoms with van der Waals surface area (Å²) in [7, 11) is 0. The first-order valence-electron chi connectivity index (χ1n) is 12.9. The first-order chi connectivity index (χ1) is 16.8. The number of hydrogen-bond donors (Lipinski definition) is 3. The van der Waals surface area contributed by atoms with Crippen molar-refractivity contribution in [3.8, 4) is 0 Å². The number of ether oxygens (including phenoxy) is 2. The lowest BCUT2D eigenvalue weighted by Gasteiger charge is -2.19. The number of nitrogens with one attached hydrogen (secondary N) is 3. The molecule has 8 heteroatoms. The first-order valence-corrected chi connectivity index (χ1v) is 12.9. The third kappa shape index (κ3) is 19.3. The average molecular weight is 492 g/mol. The molecule has 35 heavy (non-hydrogen) atoms. The summed E-state index contributed by atoms with van der Waals surface area (Å²) < 4.78 is 10.4. The molecule has 0 unspecified atom stereocenters. The summed E-state index contributed by atoms with van der Waals surface area (Å²) in [5, 5.41) is 8.49. The minimum atomic E-state index is -0.486. The van der Waals surface area contributed by atoms with Crippen molar-refractivity contribution in [2.75, 3.05) is 19.6 Å². The number of amides is 3. The highest BCUT2D eigenvalue weighted by Gasteiger charge is 2.15. The molecule has 1 rings (SSSR count). The second kappa shape index (κ2) is 18.5. The fourth-order valence-electron chi connectivity index (χ4n) is 3.33. The molecule has 0 aromatic heterocycles. The molecule has 0 atom stereocenters. The highest BCUT2D eigenvalue weighted by molar-refractivity contribution is 5.75. The number of carbonyl (C=O) groups excluding carboxylic acids is 3. The van der Waals surface area contributed by atoms with Crippen molar-refractivity contribution < 1.29 is 23.9 Å². The van der Waals surface area contributed by atoms with Crippen molar-refractivity contribution in [3.63, 3.8) is 0 Å². The Hall–Kier alpha value is -2.77. The van der Waals surface area contributed by atoms with E-state index >= 15 is 0 Å². The van der Waals surface area contributed by atoms with Crippen molar-refractivity contribution in [1.82, 2.24) is 16.0 Å². The molecule has 3 N–H and O–H groups in total. The van der Waals surface area contributed by atoms with E-state index in [-0.39, 0.29) is 18.6 Å². The zero-order valence-electron chi connectivity index (χ0n) is 21.8. The van der Waals surface area contributed by atoms with Gasteiger partial charge in [-0.3, -0.25) is 4.79 Å². The Morgan fingerprint density at radius 1 is 0.686 bits per heavy atom. The number of alkyl carbamates (subject to hydrolysis) is 2. The minimum absolute atomic E-state index is 0.0929. The van der Waals surface area contributed by atoms with Gasteiger partial charge in [0.15, 0.2) is 0 Å². The summed E-state index contributed by atoms with van der Waals surface area (Å²) >= 11 is 0. The molecular weight excluding hydrogens is 446 g/mol. The lowest BCUT2D eigenvalue weighted by Crippen LogP contribution is -2.33. The Kier molecular flexibility index (Phi) is 16.0. The molecule has 198 valence electrons. The lowest BCUT2D eigenvalue weighted by molar-refractivity contribution is -0.121. The van der Waals surface area contributed by atoms with Crippen LogP contribution in [0.2, 0.25) is 0 Å². The van der Waals surface area contributed by atoms with E-state index in [0.717, 1.165) is 63.4 Å². The summed E-state index contributed by atoms with van der Waals surface area (Å²) in [6.07, 6.45) is 8.60. The molecule has 0 aliphatic rings. The van der Waals surface area contributed by atoms with Crippen molar-refractivity contribution in [2.45, 2.75) is 97.2 Å². The first kappa shape index (κ1) is 30.3. The van der Waals surface area contributed by atoms with E-state index in [1.54, 1.807) is 0 Å². The zero-order chi connectivity index (χ0) is 25.8. The molecular formula is C27H45N3O5. The average Bonchev–Trinajstić information content (AvgIpc) is 2.80. The van der Waals surface area contributed by atoms with Gasteiger partial charge in [-0.05, 0) is 52.0 Å². The van der Waals surface area contributed by atoms with Gasteiger partial charge in [-0.15, -0.1) is 0 Å². The van der Waals surface area contributed by atoms with Gasteiger partial charge in [0.1, 0.15) is 12.2 Å². The maximum atomic E-state index is 11.9. The number of hydrogen-bond acceptors (Lipinski definition) is 5. The Balaban J connectivity index is 1.83. The number of unbranched alkanes of at least 4 members (excludes halogenated alkanes) is 7. The third-order valence-corrected chi connectivity index (χ3v) is 5.16. The maximum absolute atomic E-state index is 11.9. The number of carbonyl (C=O) groups is 3. The number of benzene rings is 1. The van der Waals surface area contributed by atoms with Crippen LogP contribution >= 0.6 is 0 Å². The fourth-order valence-corrected chi connectivity index (χ4v) is 3.33. The molecule has 3 amide bonds. The van der Waals surface area contributed by atoms with Crippen molar-refractivity contribution in [1.29, 1.82) is 0 Å². The fraction of sp³-hybridized carbons (Fsp3) is 0.667. The molecule has 0 saturated heterocycles. The summed E-state index contributed by atoms with van der Waals surface area (Å²) in [6.45, 7) is 7.69.